The zero-order chi connectivity index (χ0) is 9.97. The van der Waals surface area contributed by atoms with E-state index >= 15 is 0 Å². The number of aromatic nitrogens is 2. The lowest BCUT2D eigenvalue weighted by molar-refractivity contribution is 1.18. The van der Waals surface area contributed by atoms with Crippen molar-refractivity contribution in [3.05, 3.63) is 42.4 Å². The molecule has 70 valence electrons. The van der Waals surface area contributed by atoms with Crippen molar-refractivity contribution in [2.75, 3.05) is 5.73 Å². The number of anilines is 1. The van der Waals surface area contributed by atoms with Gasteiger partial charge in [0.2, 0.25) is 0 Å². The standard InChI is InChI=1S/C11H11N3/c1-8-2-4-9(5-3-8)11-10(12)6-13-7-14-11/h2-7H,12H2,1H3. The van der Waals surface area contributed by atoms with E-state index in [1.807, 2.05) is 31.2 Å². The van der Waals surface area contributed by atoms with Gasteiger partial charge in [-0.25, -0.2) is 9.97 Å². The van der Waals surface area contributed by atoms with Crippen LogP contribution in [-0.2, 0) is 0 Å². The Morgan fingerprint density at radius 1 is 1.14 bits per heavy atom. The number of rotatable bonds is 1. The summed E-state index contributed by atoms with van der Waals surface area (Å²) in [5.74, 6) is 0. The maximum absolute atomic E-state index is 5.77. The van der Waals surface area contributed by atoms with Crippen LogP contribution in [-0.4, -0.2) is 9.97 Å². The molecule has 1 heterocycles. The summed E-state index contributed by atoms with van der Waals surface area (Å²) < 4.78 is 0. The van der Waals surface area contributed by atoms with Crippen molar-refractivity contribution in [3.8, 4) is 11.3 Å². The van der Waals surface area contributed by atoms with Crippen molar-refractivity contribution < 1.29 is 0 Å². The summed E-state index contributed by atoms with van der Waals surface area (Å²) >= 11 is 0. The zero-order valence-electron chi connectivity index (χ0n) is 7.94. The van der Waals surface area contributed by atoms with Crippen LogP contribution in [0.3, 0.4) is 0 Å². The van der Waals surface area contributed by atoms with Crippen molar-refractivity contribution in [2.24, 2.45) is 0 Å². The average molecular weight is 185 g/mol. The van der Waals surface area contributed by atoms with Gasteiger partial charge in [0.25, 0.3) is 0 Å². The summed E-state index contributed by atoms with van der Waals surface area (Å²) in [6.45, 7) is 2.05. The van der Waals surface area contributed by atoms with E-state index in [1.54, 1.807) is 6.20 Å². The molecule has 1 aromatic heterocycles. The van der Waals surface area contributed by atoms with Crippen LogP contribution in [0.15, 0.2) is 36.8 Å². The Morgan fingerprint density at radius 2 is 1.86 bits per heavy atom. The van der Waals surface area contributed by atoms with Crippen molar-refractivity contribution in [1.82, 2.24) is 9.97 Å². The van der Waals surface area contributed by atoms with Crippen LogP contribution in [0.25, 0.3) is 11.3 Å². The van der Waals surface area contributed by atoms with Crippen LogP contribution < -0.4 is 5.73 Å². The van der Waals surface area contributed by atoms with Gasteiger partial charge in [0, 0.05) is 5.56 Å². The molecule has 2 rings (SSSR count). The first-order chi connectivity index (χ1) is 6.77. The SMILES string of the molecule is Cc1ccc(-c2ncncc2N)cc1. The normalized spacial score (nSPS) is 10.1. The minimum absolute atomic E-state index is 0.608. The van der Waals surface area contributed by atoms with Crippen LogP contribution in [0.2, 0.25) is 0 Å². The molecule has 0 aliphatic carbocycles. The van der Waals surface area contributed by atoms with Gasteiger partial charge in [-0.3, -0.25) is 0 Å². The summed E-state index contributed by atoms with van der Waals surface area (Å²) in [5, 5.41) is 0. The molecular formula is C11H11N3. The Labute approximate surface area is 82.6 Å². The van der Waals surface area contributed by atoms with Gasteiger partial charge in [-0.05, 0) is 6.92 Å². The minimum atomic E-state index is 0.608. The van der Waals surface area contributed by atoms with Gasteiger partial charge in [-0.2, -0.15) is 0 Å². The lowest BCUT2D eigenvalue weighted by Gasteiger charge is -2.03. The van der Waals surface area contributed by atoms with Crippen LogP contribution in [0.1, 0.15) is 5.56 Å². The lowest BCUT2D eigenvalue weighted by atomic mass is 10.1. The summed E-state index contributed by atoms with van der Waals surface area (Å²) in [6.07, 6.45) is 3.12. The predicted molar refractivity (Wildman–Crippen MR) is 56.6 cm³/mol. The maximum Gasteiger partial charge on any atom is 0.116 e. The maximum atomic E-state index is 5.77. The molecule has 14 heavy (non-hydrogen) atoms. The molecule has 0 fully saturated rings. The quantitative estimate of drug-likeness (QED) is 0.739. The third-order valence-corrected chi connectivity index (χ3v) is 2.07. The van der Waals surface area contributed by atoms with E-state index in [-0.39, 0.29) is 0 Å². The van der Waals surface area contributed by atoms with Crippen LogP contribution >= 0.6 is 0 Å². The number of hydrogen-bond donors (Lipinski definition) is 1. The number of hydrogen-bond acceptors (Lipinski definition) is 3. The molecule has 0 aliphatic heterocycles. The Kier molecular flexibility index (Phi) is 2.14. The van der Waals surface area contributed by atoms with Gasteiger partial charge in [0.05, 0.1) is 17.6 Å². The van der Waals surface area contributed by atoms with Gasteiger partial charge in [-0.15, -0.1) is 0 Å². The molecule has 0 atom stereocenters. The van der Waals surface area contributed by atoms with E-state index in [9.17, 15) is 0 Å². The highest BCUT2D eigenvalue weighted by Crippen LogP contribution is 2.21. The molecule has 2 aromatic rings. The van der Waals surface area contributed by atoms with E-state index < -0.39 is 0 Å². The topological polar surface area (TPSA) is 51.8 Å². The predicted octanol–water partition coefficient (Wildman–Crippen LogP) is 2.03. The van der Waals surface area contributed by atoms with Gasteiger partial charge in [0.15, 0.2) is 0 Å². The van der Waals surface area contributed by atoms with Crippen LogP contribution in [0, 0.1) is 6.92 Å². The average Bonchev–Trinajstić information content (AvgIpc) is 2.20. The van der Waals surface area contributed by atoms with Crippen LogP contribution in [0.4, 0.5) is 5.69 Å². The van der Waals surface area contributed by atoms with Crippen molar-refractivity contribution in [3.63, 3.8) is 0 Å². The first-order valence-electron chi connectivity index (χ1n) is 4.40. The molecule has 0 radical (unpaired) electrons. The van der Waals surface area contributed by atoms with Crippen molar-refractivity contribution in [2.45, 2.75) is 6.92 Å². The Balaban J connectivity index is 2.50. The fourth-order valence-electron chi connectivity index (χ4n) is 1.29. The molecule has 0 spiro atoms. The summed E-state index contributed by atoms with van der Waals surface area (Å²) in [5.41, 5.74) is 9.41. The number of nitrogen functional groups attached to an aromatic ring is 1. The van der Waals surface area contributed by atoms with Gasteiger partial charge in [0.1, 0.15) is 6.33 Å². The Bertz CT molecular complexity index is 435. The van der Waals surface area contributed by atoms with E-state index in [4.69, 9.17) is 5.73 Å². The number of nitrogens with zero attached hydrogens (tertiary/aromatic N) is 2. The highest BCUT2D eigenvalue weighted by atomic mass is 14.9. The fraction of sp³-hybridized carbons (Fsp3) is 0.0909. The molecule has 1 aromatic carbocycles. The lowest BCUT2D eigenvalue weighted by Crippen LogP contribution is -1.94. The third-order valence-electron chi connectivity index (χ3n) is 2.07. The molecule has 3 nitrogen and oxygen atoms in total. The van der Waals surface area contributed by atoms with Gasteiger partial charge >= 0.3 is 0 Å². The fourth-order valence-corrected chi connectivity index (χ4v) is 1.29. The van der Waals surface area contributed by atoms with E-state index in [0.29, 0.717) is 5.69 Å². The minimum Gasteiger partial charge on any atom is -0.396 e. The van der Waals surface area contributed by atoms with Gasteiger partial charge < -0.3 is 5.73 Å². The first kappa shape index (κ1) is 8.69. The van der Waals surface area contributed by atoms with Gasteiger partial charge in [-0.1, -0.05) is 29.8 Å². The van der Waals surface area contributed by atoms with Crippen molar-refractivity contribution in [1.29, 1.82) is 0 Å². The highest BCUT2D eigenvalue weighted by molar-refractivity contribution is 5.71. The summed E-state index contributed by atoms with van der Waals surface area (Å²) in [4.78, 5) is 7.99. The molecule has 0 unspecified atom stereocenters. The number of aryl methyl sites for hydroxylation is 1. The molecule has 0 aliphatic rings. The zero-order valence-corrected chi connectivity index (χ0v) is 7.94. The second-order valence-electron chi connectivity index (χ2n) is 3.19. The monoisotopic (exact) mass is 185 g/mol. The Hall–Kier alpha value is -1.90. The van der Waals surface area contributed by atoms with E-state index in [0.717, 1.165) is 11.3 Å². The third kappa shape index (κ3) is 1.57. The molecular weight excluding hydrogens is 174 g/mol. The molecule has 0 bridgehead atoms. The van der Waals surface area contributed by atoms with E-state index in [1.165, 1.54) is 11.9 Å². The van der Waals surface area contributed by atoms with Crippen LogP contribution in [0.5, 0.6) is 0 Å². The molecule has 0 saturated heterocycles. The summed E-state index contributed by atoms with van der Waals surface area (Å²) in [6, 6.07) is 8.09. The largest absolute Gasteiger partial charge is 0.396 e. The second-order valence-corrected chi connectivity index (χ2v) is 3.19. The second kappa shape index (κ2) is 3.46. The Morgan fingerprint density at radius 3 is 2.50 bits per heavy atom. The summed E-state index contributed by atoms with van der Waals surface area (Å²) in [7, 11) is 0. The highest BCUT2D eigenvalue weighted by Gasteiger charge is 2.02. The molecule has 0 amide bonds. The number of benzene rings is 1. The molecule has 3 heteroatoms. The number of nitrogens with two attached hydrogens (primary N) is 1. The molecule has 2 N–H and O–H groups in total. The first-order valence-corrected chi connectivity index (χ1v) is 4.40. The van der Waals surface area contributed by atoms with E-state index in [2.05, 4.69) is 9.97 Å². The smallest absolute Gasteiger partial charge is 0.116 e. The van der Waals surface area contributed by atoms with Crippen molar-refractivity contribution >= 4 is 5.69 Å². The molecule has 0 saturated carbocycles.